The van der Waals surface area contributed by atoms with Crippen LogP contribution in [0.1, 0.15) is 41.9 Å². The topological polar surface area (TPSA) is 93.3 Å². The summed E-state index contributed by atoms with van der Waals surface area (Å²) in [4.78, 5) is 24.1. The van der Waals surface area contributed by atoms with Gasteiger partial charge in [0.05, 0.1) is 13.1 Å². The largest absolute Gasteiger partial charge is 0.492 e. The van der Waals surface area contributed by atoms with Crippen molar-refractivity contribution in [1.82, 2.24) is 24.8 Å². The van der Waals surface area contributed by atoms with Gasteiger partial charge in [0, 0.05) is 35.5 Å². The molecule has 0 saturated carbocycles. The van der Waals surface area contributed by atoms with Gasteiger partial charge in [-0.3, -0.25) is 0 Å². The number of thiazole rings is 1. The number of hydrogen-bond acceptors (Lipinski definition) is 9. The lowest BCUT2D eigenvalue weighted by Gasteiger charge is -2.26. The van der Waals surface area contributed by atoms with Crippen molar-refractivity contribution in [2.45, 2.75) is 39.2 Å². The van der Waals surface area contributed by atoms with Crippen molar-refractivity contribution in [3.05, 3.63) is 58.4 Å². The first-order valence-electron chi connectivity index (χ1n) is 11.7. The van der Waals surface area contributed by atoms with E-state index in [1.54, 1.807) is 0 Å². The van der Waals surface area contributed by atoms with Gasteiger partial charge in [0.2, 0.25) is 0 Å². The fourth-order valence-electron chi connectivity index (χ4n) is 4.73. The fourth-order valence-corrected chi connectivity index (χ4v) is 5.39. The number of fused-ring (bicyclic) bond motifs is 2. The van der Waals surface area contributed by atoms with Crippen molar-refractivity contribution in [2.24, 2.45) is 0 Å². The zero-order chi connectivity index (χ0) is 23.8. The van der Waals surface area contributed by atoms with Gasteiger partial charge in [-0.25, -0.2) is 19.9 Å². The highest BCUT2D eigenvalue weighted by molar-refractivity contribution is 7.21. The number of hydrogen-bond donors (Lipinski definition) is 1. The minimum atomic E-state index is 0.226. The van der Waals surface area contributed by atoms with Crippen molar-refractivity contribution >= 4 is 32.6 Å². The van der Waals surface area contributed by atoms with Gasteiger partial charge in [-0.15, -0.1) is 0 Å². The van der Waals surface area contributed by atoms with Crippen LogP contribution in [0.25, 0.3) is 10.3 Å². The van der Waals surface area contributed by atoms with E-state index in [1.807, 2.05) is 20.3 Å². The summed E-state index contributed by atoms with van der Waals surface area (Å²) in [5.41, 5.74) is 11.4. The van der Waals surface area contributed by atoms with Gasteiger partial charge in [0.1, 0.15) is 34.4 Å². The number of allylic oxidation sites excluding steroid dienone is 2. The summed E-state index contributed by atoms with van der Waals surface area (Å²) >= 11 is 1.42. The Kier molecular flexibility index (Phi) is 6.22. The number of ether oxygens (including phenoxy) is 1. The molecule has 1 aliphatic heterocycles. The van der Waals surface area contributed by atoms with Crippen LogP contribution in [0, 0.1) is 6.92 Å². The van der Waals surface area contributed by atoms with Crippen LogP contribution in [0.2, 0.25) is 0 Å². The molecule has 8 nitrogen and oxygen atoms in total. The Bertz CT molecular complexity index is 1280. The van der Waals surface area contributed by atoms with Crippen molar-refractivity contribution in [1.29, 1.82) is 0 Å². The minimum Gasteiger partial charge on any atom is -0.492 e. The molecule has 1 fully saturated rings. The van der Waals surface area contributed by atoms with Gasteiger partial charge in [-0.05, 0) is 51.6 Å². The maximum Gasteiger partial charge on any atom is 0.182 e. The predicted molar refractivity (Wildman–Crippen MR) is 137 cm³/mol. The highest BCUT2D eigenvalue weighted by atomic mass is 32.1. The fraction of sp³-hybridized carbons (Fsp3) is 0.440. The van der Waals surface area contributed by atoms with Crippen molar-refractivity contribution in [2.75, 3.05) is 44.4 Å². The maximum atomic E-state index is 6.17. The monoisotopic (exact) mass is 477 g/mol. The first-order valence-corrected chi connectivity index (χ1v) is 12.5. The van der Waals surface area contributed by atoms with Crippen LogP contribution in [0.15, 0.2) is 35.7 Å². The lowest BCUT2D eigenvalue weighted by atomic mass is 9.89. The molecule has 2 N–H and O–H groups in total. The van der Waals surface area contributed by atoms with Crippen LogP contribution in [0.5, 0.6) is 0 Å². The van der Waals surface area contributed by atoms with E-state index in [2.05, 4.69) is 51.8 Å². The van der Waals surface area contributed by atoms with E-state index < -0.39 is 0 Å². The quantitative estimate of drug-likeness (QED) is 0.593. The standard InChI is InChI=1S/C25H31N7OS/c1-5-19-15(2)28-22(14-31(3)4)30-23(19)32-8-9-33-21-7-6-16(10-18(21)13-32)17-11-20-24(27-12-17)34-25(26)29-20/h7,10-12,16H,5-6,8-9,13-14H2,1-4H3,(H2,26,29). The highest BCUT2D eigenvalue weighted by Crippen LogP contribution is 2.35. The van der Waals surface area contributed by atoms with Crippen LogP contribution in [0.3, 0.4) is 0 Å². The summed E-state index contributed by atoms with van der Waals surface area (Å²) in [6, 6.07) is 2.11. The Labute approximate surface area is 204 Å². The van der Waals surface area contributed by atoms with Crippen LogP contribution in [-0.2, 0) is 17.7 Å². The van der Waals surface area contributed by atoms with Crippen LogP contribution in [0.4, 0.5) is 10.9 Å². The third-order valence-electron chi connectivity index (χ3n) is 6.32. The molecule has 0 aromatic carbocycles. The number of nitrogen functional groups attached to an aromatic ring is 1. The average Bonchev–Trinajstić information content (AvgIpc) is 3.04. The Hall–Kier alpha value is -3.04. The molecule has 3 aromatic heterocycles. The van der Waals surface area contributed by atoms with Gasteiger partial charge in [0.15, 0.2) is 5.13 Å². The molecule has 1 atom stereocenters. The average molecular weight is 478 g/mol. The van der Waals surface area contributed by atoms with E-state index in [0.717, 1.165) is 64.9 Å². The van der Waals surface area contributed by atoms with E-state index in [4.69, 9.17) is 20.4 Å². The second-order valence-electron chi connectivity index (χ2n) is 9.14. The Morgan fingerprint density at radius 1 is 1.26 bits per heavy atom. The number of aromatic nitrogens is 4. The summed E-state index contributed by atoms with van der Waals surface area (Å²) in [6.07, 6.45) is 8.27. The Balaban J connectivity index is 1.47. The molecule has 0 bridgehead atoms. The first-order chi connectivity index (χ1) is 16.4. The molecule has 34 heavy (non-hydrogen) atoms. The molecular formula is C25H31N7OS. The van der Waals surface area contributed by atoms with E-state index in [1.165, 1.54) is 22.5 Å². The lowest BCUT2D eigenvalue weighted by molar-refractivity contribution is 0.233. The summed E-state index contributed by atoms with van der Waals surface area (Å²) in [6.45, 7) is 7.16. The van der Waals surface area contributed by atoms with E-state index in [-0.39, 0.29) is 5.92 Å². The molecule has 0 spiro atoms. The second kappa shape index (κ2) is 9.31. The van der Waals surface area contributed by atoms with Crippen LogP contribution < -0.4 is 10.6 Å². The first kappa shape index (κ1) is 22.7. The lowest BCUT2D eigenvalue weighted by Crippen LogP contribution is -2.30. The number of nitrogens with zero attached hydrogens (tertiary/aromatic N) is 6. The molecule has 3 aromatic rings. The van der Waals surface area contributed by atoms with Gasteiger partial charge in [-0.2, -0.15) is 0 Å². The summed E-state index contributed by atoms with van der Waals surface area (Å²) < 4.78 is 6.17. The molecule has 178 valence electrons. The van der Waals surface area contributed by atoms with E-state index in [0.29, 0.717) is 18.3 Å². The number of pyridine rings is 1. The second-order valence-corrected chi connectivity index (χ2v) is 10.1. The number of aryl methyl sites for hydroxylation is 1. The molecular weight excluding hydrogens is 446 g/mol. The molecule has 0 radical (unpaired) electrons. The Morgan fingerprint density at radius 3 is 2.91 bits per heavy atom. The minimum absolute atomic E-state index is 0.226. The molecule has 1 saturated heterocycles. The van der Waals surface area contributed by atoms with Gasteiger partial charge in [0.25, 0.3) is 0 Å². The summed E-state index contributed by atoms with van der Waals surface area (Å²) in [5, 5.41) is 0.553. The van der Waals surface area contributed by atoms with Crippen molar-refractivity contribution in [3.8, 4) is 0 Å². The molecule has 1 unspecified atom stereocenters. The van der Waals surface area contributed by atoms with Crippen molar-refractivity contribution < 1.29 is 4.74 Å². The molecule has 0 amide bonds. The molecule has 9 heteroatoms. The molecule has 4 heterocycles. The highest BCUT2D eigenvalue weighted by Gasteiger charge is 2.26. The summed E-state index contributed by atoms with van der Waals surface area (Å²) in [5.74, 6) is 3.10. The molecule has 5 rings (SSSR count). The maximum absolute atomic E-state index is 6.17. The zero-order valence-corrected chi connectivity index (χ0v) is 21.0. The smallest absolute Gasteiger partial charge is 0.182 e. The van der Waals surface area contributed by atoms with Gasteiger partial charge in [-0.1, -0.05) is 24.3 Å². The zero-order valence-electron chi connectivity index (χ0n) is 20.2. The van der Waals surface area contributed by atoms with Crippen LogP contribution in [-0.4, -0.2) is 58.6 Å². The van der Waals surface area contributed by atoms with Crippen molar-refractivity contribution in [3.63, 3.8) is 0 Å². The summed E-state index contributed by atoms with van der Waals surface area (Å²) in [7, 11) is 4.09. The Morgan fingerprint density at radius 2 is 2.12 bits per heavy atom. The predicted octanol–water partition coefficient (Wildman–Crippen LogP) is 3.83. The van der Waals surface area contributed by atoms with E-state index >= 15 is 0 Å². The number of rotatable bonds is 5. The SMILES string of the molecule is CCc1c(C)nc(CN(C)C)nc1N1CCOC2=CCC(c3cnc4sc(N)nc4c3)C=C2C1. The number of nitrogens with two attached hydrogens (primary N) is 1. The normalized spacial score (nSPS) is 18.4. The molecule has 2 aliphatic rings. The van der Waals surface area contributed by atoms with Gasteiger partial charge < -0.3 is 20.3 Å². The third-order valence-corrected chi connectivity index (χ3v) is 7.13. The van der Waals surface area contributed by atoms with E-state index in [9.17, 15) is 0 Å². The molecule has 1 aliphatic carbocycles. The van der Waals surface area contributed by atoms with Crippen LogP contribution >= 0.6 is 11.3 Å². The number of anilines is 2. The van der Waals surface area contributed by atoms with Gasteiger partial charge >= 0.3 is 0 Å². The third kappa shape index (κ3) is 4.50.